The van der Waals surface area contributed by atoms with Crippen LogP contribution in [-0.2, 0) is 13.1 Å². The minimum atomic E-state index is 0.452. The lowest BCUT2D eigenvalue weighted by Crippen LogP contribution is -2.50. The van der Waals surface area contributed by atoms with Crippen LogP contribution in [-0.4, -0.2) is 47.1 Å². The first-order chi connectivity index (χ1) is 15.7. The number of aliphatic imine (C=N–C) groups is 1. The van der Waals surface area contributed by atoms with E-state index in [9.17, 15) is 5.21 Å². The van der Waals surface area contributed by atoms with Gasteiger partial charge in [-0.3, -0.25) is 9.53 Å². The van der Waals surface area contributed by atoms with Crippen LogP contribution >= 0.6 is 0 Å². The maximum absolute atomic E-state index is 11.7. The largest absolute Gasteiger partial charge is 0.467 e. The van der Waals surface area contributed by atoms with E-state index in [-0.39, 0.29) is 0 Å². The normalized spacial score (nSPS) is 15.4. The van der Waals surface area contributed by atoms with E-state index in [2.05, 4.69) is 24.9 Å². The Bertz CT molecular complexity index is 1180. The van der Waals surface area contributed by atoms with E-state index in [1.54, 1.807) is 6.26 Å². The molecule has 4 aromatic rings. The number of para-hydroxylation sites is 1. The summed E-state index contributed by atoms with van der Waals surface area (Å²) >= 11 is 0. The maximum atomic E-state index is 11.7. The van der Waals surface area contributed by atoms with Gasteiger partial charge >= 0.3 is 0 Å². The molecule has 5 rings (SSSR count). The van der Waals surface area contributed by atoms with Gasteiger partial charge in [-0.05, 0) is 46.9 Å². The number of fused-ring (bicyclic) bond motifs is 1. The number of benzene rings is 2. The SMILES string of the molecule is [O-][n+]1onc2ccc(CN3CCN(C(=NCc4ccco4)Nc4ccccc4)CC3)cc21. The Morgan fingerprint density at radius 1 is 1.06 bits per heavy atom. The van der Waals surface area contributed by atoms with Crippen molar-refractivity contribution in [3.05, 3.63) is 83.5 Å². The second-order valence-corrected chi connectivity index (χ2v) is 7.73. The summed E-state index contributed by atoms with van der Waals surface area (Å²) in [5.74, 6) is 1.67. The van der Waals surface area contributed by atoms with Crippen LogP contribution < -0.4 is 10.2 Å². The van der Waals surface area contributed by atoms with Gasteiger partial charge in [0.1, 0.15) is 12.3 Å². The smallest absolute Gasteiger partial charge is 0.248 e. The van der Waals surface area contributed by atoms with Crippen LogP contribution in [0.15, 0.2) is 81.0 Å². The number of nitrogens with zero attached hydrogens (tertiary/aromatic N) is 5. The predicted octanol–water partition coefficient (Wildman–Crippen LogP) is 2.84. The molecule has 1 fully saturated rings. The summed E-state index contributed by atoms with van der Waals surface area (Å²) in [4.78, 5) is 9.88. The zero-order chi connectivity index (χ0) is 21.8. The molecule has 0 atom stereocenters. The van der Waals surface area contributed by atoms with E-state index in [4.69, 9.17) is 9.41 Å². The number of rotatable bonds is 5. The zero-order valence-corrected chi connectivity index (χ0v) is 17.6. The van der Waals surface area contributed by atoms with Gasteiger partial charge in [0.2, 0.25) is 11.0 Å². The molecular formula is C23H24N6O3. The fourth-order valence-electron chi connectivity index (χ4n) is 3.82. The predicted molar refractivity (Wildman–Crippen MR) is 120 cm³/mol. The highest BCUT2D eigenvalue weighted by atomic mass is 16.8. The minimum absolute atomic E-state index is 0.452. The number of hydrogen-bond acceptors (Lipinski definition) is 6. The third-order valence-electron chi connectivity index (χ3n) is 5.52. The molecule has 2 aromatic carbocycles. The monoisotopic (exact) mass is 432 g/mol. The van der Waals surface area contributed by atoms with Gasteiger partial charge in [0, 0.05) is 43.6 Å². The molecule has 3 heterocycles. The molecule has 9 nitrogen and oxygen atoms in total. The first-order valence-electron chi connectivity index (χ1n) is 10.6. The average molecular weight is 432 g/mol. The first kappa shape index (κ1) is 20.1. The summed E-state index contributed by atoms with van der Waals surface area (Å²) < 4.78 is 10.1. The van der Waals surface area contributed by atoms with Gasteiger partial charge in [-0.25, -0.2) is 4.99 Å². The fraction of sp³-hybridized carbons (Fsp3) is 0.261. The molecule has 0 spiro atoms. The van der Waals surface area contributed by atoms with Crippen molar-refractivity contribution in [2.75, 3.05) is 31.5 Å². The van der Waals surface area contributed by atoms with E-state index >= 15 is 0 Å². The Labute approximate surface area is 185 Å². The highest BCUT2D eigenvalue weighted by Crippen LogP contribution is 2.15. The third-order valence-corrected chi connectivity index (χ3v) is 5.52. The van der Waals surface area contributed by atoms with Crippen molar-refractivity contribution in [2.45, 2.75) is 13.1 Å². The lowest BCUT2D eigenvalue weighted by molar-refractivity contribution is -0.782. The van der Waals surface area contributed by atoms with E-state index in [1.807, 2.05) is 60.7 Å². The average Bonchev–Trinajstić information content (AvgIpc) is 3.48. The molecule has 32 heavy (non-hydrogen) atoms. The van der Waals surface area contributed by atoms with Crippen LogP contribution in [0.4, 0.5) is 5.69 Å². The van der Waals surface area contributed by atoms with Crippen LogP contribution in [0.3, 0.4) is 0 Å². The Morgan fingerprint density at radius 2 is 1.91 bits per heavy atom. The standard InChI is InChI=1S/C23H24N6O3/c30-29-22-15-18(8-9-21(22)26-32-29)17-27-10-12-28(13-11-27)23(24-16-20-7-4-14-31-20)25-19-5-2-1-3-6-19/h1-9,14-15H,10-13,16-17H2,(H,24,25). The fourth-order valence-corrected chi connectivity index (χ4v) is 3.82. The van der Waals surface area contributed by atoms with Crippen molar-refractivity contribution in [2.24, 2.45) is 4.99 Å². The lowest BCUT2D eigenvalue weighted by atomic mass is 10.1. The van der Waals surface area contributed by atoms with Crippen LogP contribution in [0.25, 0.3) is 11.0 Å². The molecule has 0 saturated carbocycles. The molecule has 1 N–H and O–H groups in total. The zero-order valence-electron chi connectivity index (χ0n) is 17.6. The van der Waals surface area contributed by atoms with Gasteiger partial charge in [-0.2, -0.15) is 0 Å². The van der Waals surface area contributed by atoms with Gasteiger partial charge in [-0.1, -0.05) is 24.3 Å². The van der Waals surface area contributed by atoms with Crippen molar-refractivity contribution in [3.63, 3.8) is 0 Å². The molecule has 0 amide bonds. The van der Waals surface area contributed by atoms with Crippen molar-refractivity contribution in [1.82, 2.24) is 15.0 Å². The summed E-state index contributed by atoms with van der Waals surface area (Å²) in [7, 11) is 0. The van der Waals surface area contributed by atoms with Crippen molar-refractivity contribution in [3.8, 4) is 0 Å². The highest BCUT2D eigenvalue weighted by Gasteiger charge is 2.21. The maximum Gasteiger partial charge on any atom is 0.248 e. The van der Waals surface area contributed by atoms with Crippen molar-refractivity contribution < 1.29 is 13.9 Å². The van der Waals surface area contributed by atoms with Crippen LogP contribution in [0, 0.1) is 5.21 Å². The molecule has 1 saturated heterocycles. The molecule has 164 valence electrons. The Kier molecular flexibility index (Phi) is 5.71. The summed E-state index contributed by atoms with van der Waals surface area (Å²) in [6.45, 7) is 4.70. The van der Waals surface area contributed by atoms with Crippen molar-refractivity contribution >= 4 is 22.7 Å². The number of furan rings is 1. The number of hydrogen-bond donors (Lipinski definition) is 1. The number of guanidine groups is 1. The molecule has 1 aliphatic rings. The summed E-state index contributed by atoms with van der Waals surface area (Å²) in [6.07, 6.45) is 1.67. The van der Waals surface area contributed by atoms with Crippen LogP contribution in [0.1, 0.15) is 11.3 Å². The molecule has 9 heteroatoms. The first-order valence-corrected chi connectivity index (χ1v) is 10.6. The van der Waals surface area contributed by atoms with Gasteiger partial charge in [0.15, 0.2) is 5.96 Å². The van der Waals surface area contributed by atoms with Crippen LogP contribution in [0.2, 0.25) is 0 Å². The minimum Gasteiger partial charge on any atom is -0.467 e. The van der Waals surface area contributed by atoms with E-state index in [0.29, 0.717) is 22.5 Å². The number of aromatic nitrogens is 2. The molecular weight excluding hydrogens is 408 g/mol. The Morgan fingerprint density at radius 3 is 2.69 bits per heavy atom. The van der Waals surface area contributed by atoms with Crippen LogP contribution in [0.5, 0.6) is 0 Å². The van der Waals surface area contributed by atoms with Gasteiger partial charge in [-0.15, -0.1) is 0 Å². The molecule has 0 radical (unpaired) electrons. The van der Waals surface area contributed by atoms with E-state index in [1.165, 1.54) is 0 Å². The van der Waals surface area contributed by atoms with Gasteiger partial charge in [0.05, 0.1) is 6.26 Å². The quantitative estimate of drug-likeness (QED) is 0.294. The summed E-state index contributed by atoms with van der Waals surface area (Å²) in [6, 6.07) is 19.5. The number of piperazine rings is 1. The summed E-state index contributed by atoms with van der Waals surface area (Å²) in [5.41, 5.74) is 3.09. The molecule has 0 aliphatic carbocycles. The number of nitrogens with one attached hydrogen (secondary N) is 1. The lowest BCUT2D eigenvalue weighted by Gasteiger charge is -2.36. The molecule has 1 aliphatic heterocycles. The molecule has 0 unspecified atom stereocenters. The molecule has 0 bridgehead atoms. The second kappa shape index (κ2) is 9.11. The van der Waals surface area contributed by atoms with E-state index in [0.717, 1.165) is 55.7 Å². The van der Waals surface area contributed by atoms with E-state index < -0.39 is 0 Å². The summed E-state index contributed by atoms with van der Waals surface area (Å²) in [5, 5.41) is 18.9. The molecule has 2 aromatic heterocycles. The third kappa shape index (κ3) is 4.57. The number of anilines is 1. The Balaban J connectivity index is 1.25. The van der Waals surface area contributed by atoms with Gasteiger partial charge < -0.3 is 19.8 Å². The van der Waals surface area contributed by atoms with Gasteiger partial charge in [0.25, 0.3) is 0 Å². The highest BCUT2D eigenvalue weighted by molar-refractivity contribution is 5.93. The Hall–Kier alpha value is -3.85. The topological polar surface area (TPSA) is 97.0 Å². The second-order valence-electron chi connectivity index (χ2n) is 7.73. The van der Waals surface area contributed by atoms with Crippen molar-refractivity contribution in [1.29, 1.82) is 0 Å².